The average Bonchev–Trinajstić information content (AvgIpc) is 3.24. The second-order valence-corrected chi connectivity index (χ2v) is 11.8. The van der Waals surface area contributed by atoms with Gasteiger partial charge in [-0.3, -0.25) is 0 Å². The third kappa shape index (κ3) is 12.8. The van der Waals surface area contributed by atoms with Gasteiger partial charge in [0.1, 0.15) is 0 Å². The van der Waals surface area contributed by atoms with E-state index in [4.69, 9.17) is 28.4 Å². The number of benzene rings is 1. The summed E-state index contributed by atoms with van der Waals surface area (Å²) in [6.45, 7) is 10.2. The van der Waals surface area contributed by atoms with Crippen molar-refractivity contribution in [2.45, 2.75) is 41.5 Å². The van der Waals surface area contributed by atoms with Gasteiger partial charge < -0.3 is 28.4 Å². The van der Waals surface area contributed by atoms with Crippen molar-refractivity contribution in [3.8, 4) is 35.5 Å². The van der Waals surface area contributed by atoms with Gasteiger partial charge in [-0.2, -0.15) is 0 Å². The number of rotatable bonds is 12. The third-order valence-electron chi connectivity index (χ3n) is 7.37. The molecule has 15 nitrogen and oxygen atoms in total. The van der Waals surface area contributed by atoms with Crippen LogP contribution in [0.2, 0.25) is 0 Å². The first-order valence-corrected chi connectivity index (χ1v) is 18.7. The Hall–Kier alpha value is -7.83. The molecule has 0 fully saturated rings. The predicted molar refractivity (Wildman–Crippen MR) is 213 cm³/mol. The van der Waals surface area contributed by atoms with Crippen LogP contribution in [0, 0.1) is 35.5 Å². The zero-order chi connectivity index (χ0) is 43.6. The number of hydrogen-bond acceptors (Lipinski definition) is 15. The Morgan fingerprint density at radius 2 is 0.467 bits per heavy atom. The Labute approximate surface area is 346 Å². The van der Waals surface area contributed by atoms with E-state index in [0.717, 1.165) is 0 Å². The van der Waals surface area contributed by atoms with Crippen LogP contribution >= 0.6 is 0 Å². The molecule has 15 heteroatoms. The molecule has 0 spiro atoms. The van der Waals surface area contributed by atoms with Gasteiger partial charge in [-0.25, -0.2) is 43.7 Å². The highest BCUT2D eigenvalue weighted by atomic mass is 16.6. The first-order chi connectivity index (χ1) is 28.9. The summed E-state index contributed by atoms with van der Waals surface area (Å²) in [5.74, 6) is 13.3. The van der Waals surface area contributed by atoms with E-state index < -0.39 is 35.8 Å². The van der Waals surface area contributed by atoms with E-state index in [1.807, 2.05) is 0 Å². The molecular formula is C45H39N3O12. The Balaban J connectivity index is 1.91. The molecule has 0 aliphatic rings. The van der Waals surface area contributed by atoms with Crippen LogP contribution in [0.5, 0.6) is 0 Å². The molecule has 0 aliphatic carbocycles. The molecule has 0 saturated heterocycles. The maximum absolute atomic E-state index is 12.6. The van der Waals surface area contributed by atoms with Crippen molar-refractivity contribution in [2.24, 2.45) is 0 Å². The molecule has 3 aromatic heterocycles. The lowest BCUT2D eigenvalue weighted by Gasteiger charge is -2.06. The van der Waals surface area contributed by atoms with Crippen LogP contribution < -0.4 is 0 Å². The van der Waals surface area contributed by atoms with Crippen LogP contribution in [-0.4, -0.2) is 90.4 Å². The molecule has 306 valence electrons. The van der Waals surface area contributed by atoms with Crippen molar-refractivity contribution in [1.82, 2.24) is 15.0 Å². The van der Waals surface area contributed by atoms with Crippen LogP contribution in [0.25, 0.3) is 0 Å². The number of nitrogens with zero attached hydrogens (tertiary/aromatic N) is 3. The molecule has 1 aromatic carbocycles. The SMILES string of the molecule is CCOC(=O)c1cc(C#Cc2cc(C#Cc3cc(C(=O)OCC)nc(C(=O)OCC)c3)cc(C#Cc3cc(C(=O)OCC)nc(C(=O)OCC)c3)c2)cc(C(=O)OCC)n1. The minimum absolute atomic E-state index is 0.0737. The van der Waals surface area contributed by atoms with Crippen LogP contribution in [0.15, 0.2) is 54.6 Å². The molecule has 0 amide bonds. The van der Waals surface area contributed by atoms with E-state index in [9.17, 15) is 28.8 Å². The summed E-state index contributed by atoms with van der Waals surface area (Å²) in [7, 11) is 0. The minimum atomic E-state index is -0.761. The zero-order valence-electron chi connectivity index (χ0n) is 33.7. The van der Waals surface area contributed by atoms with Crippen molar-refractivity contribution in [2.75, 3.05) is 39.6 Å². The Morgan fingerprint density at radius 1 is 0.317 bits per heavy atom. The fourth-order valence-electron chi connectivity index (χ4n) is 4.94. The normalized spacial score (nSPS) is 9.90. The molecular weight excluding hydrogens is 775 g/mol. The summed E-state index contributed by atoms with van der Waals surface area (Å²) in [4.78, 5) is 87.9. The van der Waals surface area contributed by atoms with Gasteiger partial charge in [0, 0.05) is 33.4 Å². The Kier molecular flexibility index (Phi) is 16.6. The lowest BCUT2D eigenvalue weighted by Crippen LogP contribution is -2.13. The summed E-state index contributed by atoms with van der Waals surface area (Å²) >= 11 is 0. The fraction of sp³-hybridized carbons (Fsp3) is 0.267. The van der Waals surface area contributed by atoms with Crippen molar-refractivity contribution >= 4 is 35.8 Å². The fourth-order valence-corrected chi connectivity index (χ4v) is 4.94. The smallest absolute Gasteiger partial charge is 0.356 e. The molecule has 0 atom stereocenters. The highest BCUT2D eigenvalue weighted by Crippen LogP contribution is 2.15. The van der Waals surface area contributed by atoms with Crippen molar-refractivity contribution in [1.29, 1.82) is 0 Å². The van der Waals surface area contributed by atoms with Gasteiger partial charge in [-0.05, 0) is 96.1 Å². The predicted octanol–water partition coefficient (Wildman–Crippen LogP) is 5.13. The van der Waals surface area contributed by atoms with E-state index in [1.54, 1.807) is 59.7 Å². The van der Waals surface area contributed by atoms with Crippen LogP contribution in [0.3, 0.4) is 0 Å². The number of esters is 6. The first-order valence-electron chi connectivity index (χ1n) is 18.7. The zero-order valence-corrected chi connectivity index (χ0v) is 33.7. The number of carbonyl (C=O) groups is 6. The molecule has 0 saturated carbocycles. The molecule has 4 rings (SSSR count). The van der Waals surface area contributed by atoms with E-state index in [2.05, 4.69) is 50.5 Å². The van der Waals surface area contributed by atoms with Crippen molar-refractivity contribution in [3.63, 3.8) is 0 Å². The maximum Gasteiger partial charge on any atom is 0.356 e. The summed E-state index contributed by atoms with van der Waals surface area (Å²) in [6, 6.07) is 13.1. The monoisotopic (exact) mass is 813 g/mol. The minimum Gasteiger partial charge on any atom is -0.461 e. The van der Waals surface area contributed by atoms with E-state index in [1.165, 1.54) is 36.4 Å². The topological polar surface area (TPSA) is 196 Å². The van der Waals surface area contributed by atoms with E-state index >= 15 is 0 Å². The molecule has 4 aromatic rings. The summed E-state index contributed by atoms with van der Waals surface area (Å²) < 4.78 is 30.5. The standard InChI is InChI=1S/C45H39N3O12/c1-7-55-40(49)34-22-31(23-35(46-34)41(50)56-8-2)16-13-28-19-29(14-17-32-24-36(42(51)57-9-3)47-37(25-32)43(52)58-10-4)21-30(20-28)15-18-33-26-38(44(53)59-11-5)48-39(27-33)45(54)60-12-6/h19-27H,7-12H2,1-6H3. The maximum atomic E-state index is 12.6. The van der Waals surface area contributed by atoms with Gasteiger partial charge >= 0.3 is 35.8 Å². The summed E-state index contributed by atoms with van der Waals surface area (Å²) in [5.41, 5.74) is 0.942. The van der Waals surface area contributed by atoms with E-state index in [-0.39, 0.29) is 90.5 Å². The molecule has 60 heavy (non-hydrogen) atoms. The van der Waals surface area contributed by atoms with Gasteiger partial charge in [0.2, 0.25) is 0 Å². The first kappa shape index (κ1) is 44.9. The Bertz CT molecular complexity index is 2120. The highest BCUT2D eigenvalue weighted by molar-refractivity contribution is 5.94. The second-order valence-electron chi connectivity index (χ2n) is 11.8. The van der Waals surface area contributed by atoms with Gasteiger partial charge in [-0.15, -0.1) is 0 Å². The molecule has 0 N–H and O–H groups in total. The molecule has 0 aliphatic heterocycles. The Morgan fingerprint density at radius 3 is 0.617 bits per heavy atom. The lowest BCUT2D eigenvalue weighted by atomic mass is 10.0. The third-order valence-corrected chi connectivity index (χ3v) is 7.37. The second kappa shape index (κ2) is 22.2. The van der Waals surface area contributed by atoms with Crippen LogP contribution in [0.4, 0.5) is 0 Å². The van der Waals surface area contributed by atoms with Crippen molar-refractivity contribution in [3.05, 3.63) is 122 Å². The number of ether oxygens (including phenoxy) is 6. The largest absolute Gasteiger partial charge is 0.461 e. The molecule has 0 radical (unpaired) electrons. The lowest BCUT2D eigenvalue weighted by molar-refractivity contribution is 0.0492. The molecule has 3 heterocycles. The number of pyridine rings is 3. The average molecular weight is 814 g/mol. The highest BCUT2D eigenvalue weighted by Gasteiger charge is 2.19. The van der Waals surface area contributed by atoms with Crippen molar-refractivity contribution < 1.29 is 57.2 Å². The number of carbonyl (C=O) groups excluding carboxylic acids is 6. The summed E-state index contributed by atoms with van der Waals surface area (Å²) in [5, 5.41) is 0. The van der Waals surface area contributed by atoms with Crippen LogP contribution in [0.1, 0.15) is 138 Å². The number of hydrogen-bond donors (Lipinski definition) is 0. The summed E-state index contributed by atoms with van der Waals surface area (Å²) in [6.07, 6.45) is 0. The molecule has 0 unspecified atom stereocenters. The van der Waals surface area contributed by atoms with Gasteiger partial charge in [0.15, 0.2) is 34.2 Å². The van der Waals surface area contributed by atoms with Gasteiger partial charge in [0.05, 0.1) is 39.6 Å². The van der Waals surface area contributed by atoms with Gasteiger partial charge in [-0.1, -0.05) is 35.5 Å². The van der Waals surface area contributed by atoms with E-state index in [0.29, 0.717) is 16.7 Å². The quantitative estimate of drug-likeness (QED) is 0.104. The number of aromatic nitrogens is 3. The van der Waals surface area contributed by atoms with Gasteiger partial charge in [0.25, 0.3) is 0 Å². The molecule has 0 bridgehead atoms. The van der Waals surface area contributed by atoms with Crippen LogP contribution in [-0.2, 0) is 28.4 Å².